The maximum Gasteiger partial charge on any atom is 0.337 e. The first kappa shape index (κ1) is 24.2. The number of amides is 1. The summed E-state index contributed by atoms with van der Waals surface area (Å²) >= 11 is 7.05. The van der Waals surface area contributed by atoms with Gasteiger partial charge in [0.1, 0.15) is 11.5 Å². The van der Waals surface area contributed by atoms with E-state index in [2.05, 4.69) is 4.99 Å². The van der Waals surface area contributed by atoms with E-state index in [1.807, 2.05) is 6.92 Å². The minimum atomic E-state index is -0.532. The highest BCUT2D eigenvalue weighted by atomic mass is 35.5. The molecule has 0 bridgehead atoms. The molecule has 35 heavy (non-hydrogen) atoms. The van der Waals surface area contributed by atoms with Crippen LogP contribution in [0.1, 0.15) is 23.0 Å². The highest BCUT2D eigenvalue weighted by Crippen LogP contribution is 2.37. The SMILES string of the molecule is CCN1C(=O)C(=Cc2ccc(-c3ccc(Cl)cc3[N+](=O)[O-])o2)SC1=Nc1cccc(C(=O)OC)c1. The third-order valence-corrected chi connectivity index (χ3v) is 6.26. The number of likely N-dealkylation sites (N-methyl/N-ethyl adjacent to an activating group) is 1. The van der Waals surface area contributed by atoms with Gasteiger partial charge in [-0.1, -0.05) is 17.7 Å². The van der Waals surface area contributed by atoms with Crippen LogP contribution in [0.5, 0.6) is 0 Å². The van der Waals surface area contributed by atoms with E-state index in [1.165, 1.54) is 30.2 Å². The van der Waals surface area contributed by atoms with Crippen molar-refractivity contribution >= 4 is 57.9 Å². The maximum absolute atomic E-state index is 13.0. The van der Waals surface area contributed by atoms with Gasteiger partial charge >= 0.3 is 5.97 Å². The topological polar surface area (TPSA) is 115 Å². The molecule has 1 fully saturated rings. The lowest BCUT2D eigenvalue weighted by Crippen LogP contribution is -2.28. The number of esters is 1. The molecule has 1 aliphatic heterocycles. The van der Waals surface area contributed by atoms with Crippen molar-refractivity contribution in [1.29, 1.82) is 0 Å². The van der Waals surface area contributed by atoms with Gasteiger partial charge in [-0.05, 0) is 61.2 Å². The molecule has 1 amide bonds. The van der Waals surface area contributed by atoms with Gasteiger partial charge in [0, 0.05) is 23.7 Å². The lowest BCUT2D eigenvalue weighted by atomic mass is 10.1. The molecular formula is C24H18ClN3O6S. The number of furan rings is 1. The number of aliphatic imine (C=N–C) groups is 1. The Balaban J connectivity index is 1.63. The van der Waals surface area contributed by atoms with Crippen LogP contribution in [0, 0.1) is 10.1 Å². The summed E-state index contributed by atoms with van der Waals surface area (Å²) in [6.07, 6.45) is 1.56. The predicted molar refractivity (Wildman–Crippen MR) is 134 cm³/mol. The van der Waals surface area contributed by atoms with Crippen molar-refractivity contribution in [3.05, 3.63) is 86.0 Å². The molecule has 2 heterocycles. The fraction of sp³-hybridized carbons (Fsp3) is 0.125. The van der Waals surface area contributed by atoms with Crippen LogP contribution in [0.2, 0.25) is 5.02 Å². The van der Waals surface area contributed by atoms with Gasteiger partial charge < -0.3 is 9.15 Å². The molecule has 11 heteroatoms. The molecule has 0 aliphatic carbocycles. The van der Waals surface area contributed by atoms with Gasteiger partial charge in [-0.2, -0.15) is 0 Å². The minimum absolute atomic E-state index is 0.182. The average molecular weight is 512 g/mol. The number of ether oxygens (including phenoxy) is 1. The summed E-state index contributed by atoms with van der Waals surface area (Å²) in [5, 5.41) is 12.1. The van der Waals surface area contributed by atoms with Crippen LogP contribution in [0.15, 0.2) is 68.9 Å². The van der Waals surface area contributed by atoms with Crippen LogP contribution in [0.4, 0.5) is 11.4 Å². The summed E-state index contributed by atoms with van der Waals surface area (Å²) in [7, 11) is 1.30. The van der Waals surface area contributed by atoms with E-state index in [9.17, 15) is 19.7 Å². The third-order valence-electron chi connectivity index (χ3n) is 5.02. The van der Waals surface area contributed by atoms with Crippen LogP contribution in [-0.2, 0) is 9.53 Å². The van der Waals surface area contributed by atoms with Crippen molar-refractivity contribution in [1.82, 2.24) is 4.90 Å². The van der Waals surface area contributed by atoms with Gasteiger partial charge in [-0.15, -0.1) is 0 Å². The van der Waals surface area contributed by atoms with Crippen LogP contribution in [-0.4, -0.2) is 40.5 Å². The quantitative estimate of drug-likeness (QED) is 0.174. The zero-order valence-corrected chi connectivity index (χ0v) is 20.1. The molecule has 0 unspecified atom stereocenters. The Morgan fingerprint density at radius 1 is 1.26 bits per heavy atom. The lowest BCUT2D eigenvalue weighted by molar-refractivity contribution is -0.384. The second-order valence-corrected chi connectivity index (χ2v) is 8.66. The van der Waals surface area contributed by atoms with Gasteiger partial charge in [0.25, 0.3) is 11.6 Å². The van der Waals surface area contributed by atoms with Crippen molar-refractivity contribution in [2.75, 3.05) is 13.7 Å². The highest BCUT2D eigenvalue weighted by Gasteiger charge is 2.32. The Morgan fingerprint density at radius 2 is 2.06 bits per heavy atom. The fourth-order valence-corrected chi connectivity index (χ4v) is 4.58. The molecule has 4 rings (SSSR count). The van der Waals surface area contributed by atoms with Crippen molar-refractivity contribution in [3.8, 4) is 11.3 Å². The van der Waals surface area contributed by atoms with Crippen LogP contribution in [0.3, 0.4) is 0 Å². The third kappa shape index (κ3) is 5.13. The summed E-state index contributed by atoms with van der Waals surface area (Å²) in [5.41, 5.74) is 0.940. The first-order valence-corrected chi connectivity index (χ1v) is 11.5. The molecule has 2 aromatic carbocycles. The van der Waals surface area contributed by atoms with E-state index in [0.29, 0.717) is 33.6 Å². The molecule has 0 spiro atoms. The molecule has 0 N–H and O–H groups in total. The van der Waals surface area contributed by atoms with Gasteiger partial charge in [-0.25, -0.2) is 9.79 Å². The monoisotopic (exact) mass is 511 g/mol. The largest absolute Gasteiger partial charge is 0.465 e. The highest BCUT2D eigenvalue weighted by molar-refractivity contribution is 8.18. The number of hydrogen-bond acceptors (Lipinski definition) is 8. The first-order valence-electron chi connectivity index (χ1n) is 10.3. The number of nitrogens with zero attached hydrogens (tertiary/aromatic N) is 3. The van der Waals surface area contributed by atoms with Crippen LogP contribution < -0.4 is 0 Å². The summed E-state index contributed by atoms with van der Waals surface area (Å²) in [6.45, 7) is 2.21. The maximum atomic E-state index is 13.0. The Hall–Kier alpha value is -3.89. The number of nitro benzene ring substituents is 1. The average Bonchev–Trinajstić information content (AvgIpc) is 3.42. The van der Waals surface area contributed by atoms with E-state index < -0.39 is 10.9 Å². The summed E-state index contributed by atoms with van der Waals surface area (Å²) in [4.78, 5) is 42.1. The van der Waals surface area contributed by atoms with E-state index in [1.54, 1.807) is 42.5 Å². The van der Waals surface area contributed by atoms with Crippen molar-refractivity contribution in [2.24, 2.45) is 4.99 Å². The molecule has 0 saturated carbocycles. The Kier molecular flexibility index (Phi) is 7.04. The van der Waals surface area contributed by atoms with Gasteiger partial charge in [-0.3, -0.25) is 19.8 Å². The van der Waals surface area contributed by atoms with Gasteiger partial charge in [0.05, 0.1) is 33.8 Å². The number of thioether (sulfide) groups is 1. The number of methoxy groups -OCH3 is 1. The Labute approximate surface area is 209 Å². The van der Waals surface area contributed by atoms with Crippen LogP contribution >= 0.6 is 23.4 Å². The molecular weight excluding hydrogens is 494 g/mol. The summed E-state index contributed by atoms with van der Waals surface area (Å²) in [6, 6.07) is 14.1. The smallest absolute Gasteiger partial charge is 0.337 e. The van der Waals surface area contributed by atoms with Crippen molar-refractivity contribution < 1.29 is 23.7 Å². The fourth-order valence-electron chi connectivity index (χ4n) is 3.37. The normalized spacial score (nSPS) is 15.7. The number of carbonyl (C=O) groups is 2. The molecule has 0 radical (unpaired) electrons. The molecule has 1 saturated heterocycles. The minimum Gasteiger partial charge on any atom is -0.465 e. The summed E-state index contributed by atoms with van der Waals surface area (Å²) in [5.74, 6) is -0.109. The second-order valence-electron chi connectivity index (χ2n) is 7.22. The zero-order chi connectivity index (χ0) is 25.1. The zero-order valence-electron chi connectivity index (χ0n) is 18.6. The van der Waals surface area contributed by atoms with Gasteiger partial charge in [0.2, 0.25) is 0 Å². The number of amidine groups is 1. The number of carbonyl (C=O) groups excluding carboxylic acids is 2. The Morgan fingerprint density at radius 3 is 2.77 bits per heavy atom. The molecule has 9 nitrogen and oxygen atoms in total. The van der Waals surface area contributed by atoms with Gasteiger partial charge in [0.15, 0.2) is 5.17 Å². The number of halogens is 1. The molecule has 3 aromatic rings. The van der Waals surface area contributed by atoms with E-state index in [-0.39, 0.29) is 27.9 Å². The molecule has 1 aromatic heterocycles. The summed E-state index contributed by atoms with van der Waals surface area (Å²) < 4.78 is 10.5. The Bertz CT molecular complexity index is 1400. The van der Waals surface area contributed by atoms with Crippen LogP contribution in [0.25, 0.3) is 17.4 Å². The van der Waals surface area contributed by atoms with Crippen molar-refractivity contribution in [3.63, 3.8) is 0 Å². The number of hydrogen-bond donors (Lipinski definition) is 0. The molecule has 1 aliphatic rings. The van der Waals surface area contributed by atoms with Crippen molar-refractivity contribution in [2.45, 2.75) is 6.92 Å². The first-order chi connectivity index (χ1) is 16.8. The van der Waals surface area contributed by atoms with E-state index in [0.717, 1.165) is 11.8 Å². The number of rotatable bonds is 6. The number of benzene rings is 2. The lowest BCUT2D eigenvalue weighted by Gasteiger charge is -2.12. The molecule has 178 valence electrons. The van der Waals surface area contributed by atoms with E-state index >= 15 is 0 Å². The van der Waals surface area contributed by atoms with E-state index in [4.69, 9.17) is 20.8 Å². The number of nitro groups is 1. The molecule has 0 atom stereocenters. The predicted octanol–water partition coefficient (Wildman–Crippen LogP) is 5.92. The standard InChI is InChI=1S/C24H18ClN3O6S/c1-3-27-22(29)21(35-24(27)26-16-6-4-5-14(11-16)23(30)33-2)13-17-8-10-20(34-17)18-9-7-15(25)12-19(18)28(31)32/h4-13H,3H2,1-2H3. The second kappa shape index (κ2) is 10.2.